The van der Waals surface area contributed by atoms with E-state index < -0.39 is 0 Å². The van der Waals surface area contributed by atoms with E-state index in [1.165, 1.54) is 29.4 Å². The molecule has 0 radical (unpaired) electrons. The van der Waals surface area contributed by atoms with E-state index in [1.807, 2.05) is 0 Å². The minimum atomic E-state index is -0.121. The molecule has 1 aromatic carbocycles. The molecule has 0 aliphatic carbocycles. The molecular weight excluding hydrogens is 362 g/mol. The van der Waals surface area contributed by atoms with E-state index in [9.17, 15) is 4.79 Å². The van der Waals surface area contributed by atoms with Crippen LogP contribution in [-0.2, 0) is 11.2 Å². The molecule has 3 heterocycles. The predicted molar refractivity (Wildman–Crippen MR) is 107 cm³/mol. The van der Waals surface area contributed by atoms with E-state index in [0.29, 0.717) is 11.2 Å². The van der Waals surface area contributed by atoms with Crippen LogP contribution < -0.4 is 15.0 Å². The summed E-state index contributed by atoms with van der Waals surface area (Å²) in [5, 5.41) is 12.4. The van der Waals surface area contributed by atoms with Crippen LogP contribution in [0.1, 0.15) is 37.9 Å². The molecule has 1 unspecified atom stereocenters. The Morgan fingerprint density at radius 1 is 1.30 bits per heavy atom. The second-order valence-corrected chi connectivity index (χ2v) is 8.23. The van der Waals surface area contributed by atoms with Crippen molar-refractivity contribution in [2.75, 3.05) is 36.4 Å². The number of carbonyl (C=O) groups excluding carboxylic acids is 1. The number of carbonyl (C=O) groups is 1. The van der Waals surface area contributed by atoms with E-state index >= 15 is 0 Å². The number of anilines is 2. The molecule has 0 spiro atoms. The summed E-state index contributed by atoms with van der Waals surface area (Å²) in [4.78, 5) is 15.9. The quantitative estimate of drug-likeness (QED) is 0.870. The molecule has 0 saturated carbocycles. The number of aromatic nitrogens is 2. The molecule has 1 saturated heterocycles. The molecule has 1 aromatic heterocycles. The number of nitrogens with one attached hydrogen (secondary N) is 1. The first kappa shape index (κ1) is 18.2. The molecule has 2 aliphatic heterocycles. The third-order valence-electron chi connectivity index (χ3n) is 5.24. The maximum Gasteiger partial charge on any atom is 0.223 e. The van der Waals surface area contributed by atoms with Gasteiger partial charge in [0.05, 0.1) is 0 Å². The summed E-state index contributed by atoms with van der Waals surface area (Å²) in [5.74, 6) is 0.925. The Balaban J connectivity index is 1.37. The summed E-state index contributed by atoms with van der Waals surface area (Å²) < 4.78 is 5.92. The van der Waals surface area contributed by atoms with Crippen LogP contribution in [0.2, 0.25) is 0 Å². The first-order chi connectivity index (χ1) is 13.0. The number of hydrogen-bond acceptors (Lipinski definition) is 7. The van der Waals surface area contributed by atoms with Crippen molar-refractivity contribution in [3.05, 3.63) is 29.3 Å². The molecule has 4 rings (SSSR count). The van der Waals surface area contributed by atoms with Crippen LogP contribution in [0.3, 0.4) is 0 Å². The maximum atomic E-state index is 11.1. The molecule has 8 heteroatoms. The Bertz CT molecular complexity index is 831. The van der Waals surface area contributed by atoms with E-state index in [4.69, 9.17) is 4.74 Å². The Morgan fingerprint density at radius 3 is 2.81 bits per heavy atom. The van der Waals surface area contributed by atoms with Gasteiger partial charge in [-0.2, -0.15) is 0 Å². The van der Waals surface area contributed by atoms with Gasteiger partial charge in [0.15, 0.2) is 0 Å². The third kappa shape index (κ3) is 3.91. The van der Waals surface area contributed by atoms with Crippen molar-refractivity contribution in [1.82, 2.24) is 15.1 Å². The van der Waals surface area contributed by atoms with Crippen molar-refractivity contribution < 1.29 is 9.53 Å². The third-order valence-corrected chi connectivity index (χ3v) is 6.14. The molecule has 7 nitrogen and oxygen atoms in total. The van der Waals surface area contributed by atoms with Gasteiger partial charge in [0, 0.05) is 45.6 Å². The number of fused-ring (bicyclic) bond motifs is 1. The Kier molecular flexibility index (Phi) is 5.01. The second kappa shape index (κ2) is 7.44. The van der Waals surface area contributed by atoms with Gasteiger partial charge in [-0.05, 0) is 31.0 Å². The van der Waals surface area contributed by atoms with Crippen molar-refractivity contribution in [1.29, 1.82) is 0 Å². The Morgan fingerprint density at radius 2 is 2.07 bits per heavy atom. The van der Waals surface area contributed by atoms with Gasteiger partial charge in [-0.1, -0.05) is 23.5 Å². The number of piperazine rings is 1. The van der Waals surface area contributed by atoms with Gasteiger partial charge in [0.1, 0.15) is 11.9 Å². The fraction of sp³-hybridized carbons (Fsp3) is 0.526. The summed E-state index contributed by atoms with van der Waals surface area (Å²) in [7, 11) is 0. The highest BCUT2D eigenvalue weighted by Gasteiger charge is 2.26. The van der Waals surface area contributed by atoms with Crippen LogP contribution in [0.25, 0.3) is 0 Å². The summed E-state index contributed by atoms with van der Waals surface area (Å²) in [6.07, 6.45) is 1.29. The first-order valence-corrected chi connectivity index (χ1v) is 10.2. The standard InChI is InChI=1S/C19H25N5O2S/c1-12-10-16-5-4-15(11-17(16)26-12)13(2)23-6-8-24(9-7-23)19-22-21-18(27-19)20-14(3)25/h4-5,11-13H,6-10H2,1-3H3,(H,20,21,25)/t12-,13?/m0/s1. The zero-order chi connectivity index (χ0) is 19.0. The van der Waals surface area contributed by atoms with Crippen molar-refractivity contribution in [2.24, 2.45) is 0 Å². The van der Waals surface area contributed by atoms with Crippen molar-refractivity contribution >= 4 is 27.5 Å². The Labute approximate surface area is 163 Å². The summed E-state index contributed by atoms with van der Waals surface area (Å²) in [6, 6.07) is 7.01. The summed E-state index contributed by atoms with van der Waals surface area (Å²) in [6.45, 7) is 9.58. The van der Waals surface area contributed by atoms with E-state index in [0.717, 1.165) is 43.5 Å². The fourth-order valence-electron chi connectivity index (χ4n) is 3.73. The van der Waals surface area contributed by atoms with Gasteiger partial charge in [0.25, 0.3) is 0 Å². The molecule has 2 atom stereocenters. The van der Waals surface area contributed by atoms with Gasteiger partial charge in [0.2, 0.25) is 16.2 Å². The van der Waals surface area contributed by atoms with E-state index in [-0.39, 0.29) is 12.0 Å². The normalized spacial score (nSPS) is 20.9. The molecule has 144 valence electrons. The minimum Gasteiger partial charge on any atom is -0.490 e. The predicted octanol–water partition coefficient (Wildman–Crippen LogP) is 2.70. The molecule has 2 aliphatic rings. The monoisotopic (exact) mass is 387 g/mol. The van der Waals surface area contributed by atoms with Gasteiger partial charge < -0.3 is 15.0 Å². The molecule has 27 heavy (non-hydrogen) atoms. The van der Waals surface area contributed by atoms with Crippen molar-refractivity contribution in [3.8, 4) is 5.75 Å². The number of benzene rings is 1. The van der Waals surface area contributed by atoms with Crippen LogP contribution in [-0.4, -0.2) is 53.3 Å². The molecule has 1 amide bonds. The lowest BCUT2D eigenvalue weighted by molar-refractivity contribution is -0.114. The highest BCUT2D eigenvalue weighted by Crippen LogP contribution is 2.33. The zero-order valence-corrected chi connectivity index (χ0v) is 16.8. The molecule has 1 fully saturated rings. The average Bonchev–Trinajstić information content (AvgIpc) is 3.25. The number of rotatable bonds is 4. The van der Waals surface area contributed by atoms with Crippen LogP contribution in [0, 0.1) is 0 Å². The lowest BCUT2D eigenvalue weighted by Crippen LogP contribution is -2.47. The number of nitrogens with zero attached hydrogens (tertiary/aromatic N) is 4. The van der Waals surface area contributed by atoms with Gasteiger partial charge >= 0.3 is 0 Å². The minimum absolute atomic E-state index is 0.121. The van der Waals surface area contributed by atoms with Crippen LogP contribution >= 0.6 is 11.3 Å². The largest absolute Gasteiger partial charge is 0.490 e. The van der Waals surface area contributed by atoms with Crippen molar-refractivity contribution in [3.63, 3.8) is 0 Å². The van der Waals surface area contributed by atoms with Crippen LogP contribution in [0.5, 0.6) is 5.75 Å². The highest BCUT2D eigenvalue weighted by molar-refractivity contribution is 7.19. The highest BCUT2D eigenvalue weighted by atomic mass is 32.1. The second-order valence-electron chi connectivity index (χ2n) is 7.27. The van der Waals surface area contributed by atoms with Crippen LogP contribution in [0.4, 0.5) is 10.3 Å². The molecular formula is C19H25N5O2S. The number of amides is 1. The van der Waals surface area contributed by atoms with Crippen LogP contribution in [0.15, 0.2) is 18.2 Å². The van der Waals surface area contributed by atoms with Gasteiger partial charge in [-0.25, -0.2) is 0 Å². The molecule has 2 aromatic rings. The lowest BCUT2D eigenvalue weighted by atomic mass is 10.0. The molecule has 1 N–H and O–H groups in total. The average molecular weight is 388 g/mol. The zero-order valence-electron chi connectivity index (χ0n) is 15.9. The fourth-order valence-corrected chi connectivity index (χ4v) is 4.58. The summed E-state index contributed by atoms with van der Waals surface area (Å²) in [5.41, 5.74) is 2.62. The molecule has 0 bridgehead atoms. The maximum absolute atomic E-state index is 11.1. The Hall–Kier alpha value is -2.19. The topological polar surface area (TPSA) is 70.6 Å². The van der Waals surface area contributed by atoms with Gasteiger partial charge in [-0.15, -0.1) is 10.2 Å². The van der Waals surface area contributed by atoms with E-state index in [1.54, 1.807) is 0 Å². The summed E-state index contributed by atoms with van der Waals surface area (Å²) >= 11 is 1.42. The van der Waals surface area contributed by atoms with Crippen molar-refractivity contribution in [2.45, 2.75) is 39.3 Å². The van der Waals surface area contributed by atoms with Gasteiger partial charge in [-0.3, -0.25) is 9.69 Å². The lowest BCUT2D eigenvalue weighted by Gasteiger charge is -2.38. The first-order valence-electron chi connectivity index (χ1n) is 9.39. The number of hydrogen-bond donors (Lipinski definition) is 1. The van der Waals surface area contributed by atoms with E-state index in [2.05, 4.69) is 57.4 Å². The number of ether oxygens (including phenoxy) is 1. The SMILES string of the molecule is CC(=O)Nc1nnc(N2CCN(C(C)c3ccc4c(c3)O[C@@H](C)C4)CC2)s1. The smallest absolute Gasteiger partial charge is 0.223 e.